The topological polar surface area (TPSA) is 87.3 Å². The van der Waals surface area contributed by atoms with Gasteiger partial charge in [-0.2, -0.15) is 13.2 Å². The molecule has 37 heavy (non-hydrogen) atoms. The lowest BCUT2D eigenvalue weighted by molar-refractivity contribution is -0.137. The Balaban J connectivity index is 1.62. The standard InChI is InChI=1S/C27H18F5N3O2/c1-36-23-12-19(28)18(16-6-7-20(33)25(34)24(16)29)11-17(23)13-3-2-4-14(9-13)26-35-21-10-15(27(30,31)32)5-8-22(21)37-26/h2-12H,33-34H2,1H3. The fourth-order valence-electron chi connectivity index (χ4n) is 4.02. The first kappa shape index (κ1) is 24.1. The van der Waals surface area contributed by atoms with Crippen LogP contribution in [0.15, 0.2) is 71.1 Å². The van der Waals surface area contributed by atoms with Crippen LogP contribution in [0.2, 0.25) is 0 Å². The highest BCUT2D eigenvalue weighted by atomic mass is 19.4. The van der Waals surface area contributed by atoms with Crippen molar-refractivity contribution in [1.82, 2.24) is 4.98 Å². The largest absolute Gasteiger partial charge is 0.496 e. The Morgan fingerprint density at radius 1 is 0.838 bits per heavy atom. The normalized spacial score (nSPS) is 11.7. The third kappa shape index (κ3) is 4.31. The van der Waals surface area contributed by atoms with Crippen LogP contribution in [0.25, 0.3) is 44.8 Å². The second-order valence-corrected chi connectivity index (χ2v) is 8.24. The number of hydrogen-bond donors (Lipinski definition) is 2. The lowest BCUT2D eigenvalue weighted by Gasteiger charge is -2.14. The number of nitrogens with two attached hydrogens (primary N) is 2. The summed E-state index contributed by atoms with van der Waals surface area (Å²) in [5.41, 5.74) is 11.8. The predicted molar refractivity (Wildman–Crippen MR) is 131 cm³/mol. The van der Waals surface area contributed by atoms with E-state index < -0.39 is 23.4 Å². The zero-order valence-corrected chi connectivity index (χ0v) is 19.2. The van der Waals surface area contributed by atoms with Crippen molar-refractivity contribution in [3.8, 4) is 39.5 Å². The molecule has 0 fully saturated rings. The van der Waals surface area contributed by atoms with Crippen molar-refractivity contribution in [2.45, 2.75) is 6.18 Å². The van der Waals surface area contributed by atoms with Crippen molar-refractivity contribution in [2.75, 3.05) is 18.6 Å². The van der Waals surface area contributed by atoms with E-state index in [2.05, 4.69) is 4.98 Å². The molecular weight excluding hydrogens is 493 g/mol. The molecule has 0 radical (unpaired) electrons. The Kier molecular flexibility index (Phi) is 5.74. The molecule has 0 atom stereocenters. The zero-order valence-electron chi connectivity index (χ0n) is 19.2. The molecule has 5 aromatic rings. The van der Waals surface area contributed by atoms with Gasteiger partial charge >= 0.3 is 6.18 Å². The summed E-state index contributed by atoms with van der Waals surface area (Å²) in [5.74, 6) is -1.32. The van der Waals surface area contributed by atoms with Crippen LogP contribution in [0.3, 0.4) is 0 Å². The van der Waals surface area contributed by atoms with E-state index in [1.807, 2.05) is 0 Å². The van der Waals surface area contributed by atoms with Gasteiger partial charge in [-0.05, 0) is 54.1 Å². The van der Waals surface area contributed by atoms with E-state index >= 15 is 0 Å². The molecule has 0 unspecified atom stereocenters. The number of anilines is 2. The summed E-state index contributed by atoms with van der Waals surface area (Å²) in [6, 6.07) is 15.0. The van der Waals surface area contributed by atoms with E-state index in [1.54, 1.807) is 24.3 Å². The maximum atomic E-state index is 15.0. The van der Waals surface area contributed by atoms with Gasteiger partial charge in [0.25, 0.3) is 0 Å². The summed E-state index contributed by atoms with van der Waals surface area (Å²) in [7, 11) is 1.36. The minimum absolute atomic E-state index is 0.0313. The first-order valence-electron chi connectivity index (χ1n) is 10.9. The van der Waals surface area contributed by atoms with Crippen molar-refractivity contribution in [3.05, 3.63) is 83.9 Å². The number of fused-ring (bicyclic) bond motifs is 1. The number of methoxy groups -OCH3 is 1. The van der Waals surface area contributed by atoms with Gasteiger partial charge in [-0.3, -0.25) is 0 Å². The lowest BCUT2D eigenvalue weighted by Crippen LogP contribution is -2.03. The summed E-state index contributed by atoms with van der Waals surface area (Å²) in [6.45, 7) is 0. The summed E-state index contributed by atoms with van der Waals surface area (Å²) in [5, 5.41) is 0. The Morgan fingerprint density at radius 2 is 1.59 bits per heavy atom. The molecule has 10 heteroatoms. The molecule has 0 aliphatic rings. The summed E-state index contributed by atoms with van der Waals surface area (Å²) >= 11 is 0. The van der Waals surface area contributed by atoms with Crippen LogP contribution in [0.4, 0.5) is 33.3 Å². The van der Waals surface area contributed by atoms with Gasteiger partial charge in [-0.15, -0.1) is 0 Å². The van der Waals surface area contributed by atoms with Gasteiger partial charge in [0.05, 0.1) is 24.0 Å². The maximum absolute atomic E-state index is 15.0. The molecule has 1 aromatic heterocycles. The number of ether oxygens (including phenoxy) is 1. The monoisotopic (exact) mass is 511 g/mol. The summed E-state index contributed by atoms with van der Waals surface area (Å²) in [4.78, 5) is 4.21. The molecule has 4 aromatic carbocycles. The number of nitrogen functional groups attached to an aromatic ring is 2. The van der Waals surface area contributed by atoms with Gasteiger partial charge in [-0.25, -0.2) is 13.8 Å². The van der Waals surface area contributed by atoms with E-state index in [-0.39, 0.29) is 45.2 Å². The molecule has 4 N–H and O–H groups in total. The molecule has 0 aliphatic heterocycles. The molecule has 0 bridgehead atoms. The number of rotatable bonds is 4. The number of hydrogen-bond acceptors (Lipinski definition) is 5. The number of oxazole rings is 1. The zero-order chi connectivity index (χ0) is 26.5. The van der Waals surface area contributed by atoms with Gasteiger partial charge in [0.2, 0.25) is 5.89 Å². The van der Waals surface area contributed by atoms with E-state index in [0.717, 1.165) is 18.2 Å². The summed E-state index contributed by atoms with van der Waals surface area (Å²) in [6.07, 6.45) is -4.52. The third-order valence-electron chi connectivity index (χ3n) is 5.93. The highest BCUT2D eigenvalue weighted by Gasteiger charge is 2.31. The molecule has 188 valence electrons. The second-order valence-electron chi connectivity index (χ2n) is 8.24. The number of halogens is 5. The van der Waals surface area contributed by atoms with Crippen LogP contribution in [-0.4, -0.2) is 12.1 Å². The fourth-order valence-corrected chi connectivity index (χ4v) is 4.02. The Bertz CT molecular complexity index is 1660. The minimum Gasteiger partial charge on any atom is -0.496 e. The molecule has 0 aliphatic carbocycles. The van der Waals surface area contributed by atoms with Gasteiger partial charge < -0.3 is 20.6 Å². The van der Waals surface area contributed by atoms with Crippen LogP contribution >= 0.6 is 0 Å². The predicted octanol–water partition coefficient (Wildman–Crippen LogP) is 7.30. The lowest BCUT2D eigenvalue weighted by atomic mass is 9.95. The van der Waals surface area contributed by atoms with E-state index in [1.165, 1.54) is 31.4 Å². The van der Waals surface area contributed by atoms with Crippen molar-refractivity contribution >= 4 is 22.5 Å². The highest BCUT2D eigenvalue weighted by Crippen LogP contribution is 2.40. The van der Waals surface area contributed by atoms with Crippen molar-refractivity contribution in [2.24, 2.45) is 0 Å². The van der Waals surface area contributed by atoms with Crippen molar-refractivity contribution < 1.29 is 31.1 Å². The van der Waals surface area contributed by atoms with Crippen LogP contribution in [0, 0.1) is 11.6 Å². The van der Waals surface area contributed by atoms with Crippen LogP contribution in [-0.2, 0) is 6.18 Å². The average molecular weight is 511 g/mol. The van der Waals surface area contributed by atoms with Crippen LogP contribution in [0.5, 0.6) is 5.75 Å². The maximum Gasteiger partial charge on any atom is 0.416 e. The van der Waals surface area contributed by atoms with Crippen LogP contribution < -0.4 is 16.2 Å². The second kappa shape index (κ2) is 8.81. The van der Waals surface area contributed by atoms with Gasteiger partial charge in [0, 0.05) is 28.3 Å². The van der Waals surface area contributed by atoms with Gasteiger partial charge in [0.1, 0.15) is 17.1 Å². The molecule has 5 rings (SSSR count). The van der Waals surface area contributed by atoms with Crippen molar-refractivity contribution in [3.63, 3.8) is 0 Å². The Labute approximate surface area is 207 Å². The van der Waals surface area contributed by atoms with E-state index in [9.17, 15) is 22.0 Å². The average Bonchev–Trinajstić information content (AvgIpc) is 3.31. The van der Waals surface area contributed by atoms with Gasteiger partial charge in [-0.1, -0.05) is 12.1 Å². The number of alkyl halides is 3. The van der Waals surface area contributed by atoms with E-state index in [0.29, 0.717) is 16.7 Å². The third-order valence-corrected chi connectivity index (χ3v) is 5.93. The van der Waals surface area contributed by atoms with E-state index in [4.69, 9.17) is 20.6 Å². The SMILES string of the molecule is COc1cc(F)c(-c2ccc(N)c(N)c2F)cc1-c1cccc(-c2nc3cc(C(F)(F)F)ccc3o2)c1. The minimum atomic E-state index is -4.52. The fraction of sp³-hybridized carbons (Fsp3) is 0.0741. The van der Waals surface area contributed by atoms with Crippen molar-refractivity contribution in [1.29, 1.82) is 0 Å². The first-order chi connectivity index (χ1) is 17.6. The van der Waals surface area contributed by atoms with Crippen LogP contribution in [0.1, 0.15) is 5.56 Å². The molecule has 1 heterocycles. The smallest absolute Gasteiger partial charge is 0.416 e. The Morgan fingerprint density at radius 3 is 2.32 bits per heavy atom. The molecular formula is C27H18F5N3O2. The molecule has 0 saturated heterocycles. The quantitative estimate of drug-likeness (QED) is 0.195. The van der Waals surface area contributed by atoms with Gasteiger partial charge in [0.15, 0.2) is 11.4 Å². The summed E-state index contributed by atoms with van der Waals surface area (Å²) < 4.78 is 80.1. The highest BCUT2D eigenvalue weighted by molar-refractivity contribution is 5.83. The number of aromatic nitrogens is 1. The number of nitrogens with zero attached hydrogens (tertiary/aromatic N) is 1. The first-order valence-corrected chi connectivity index (χ1v) is 10.9. The Hall–Kier alpha value is -4.60. The molecule has 0 amide bonds. The number of benzene rings is 4. The molecule has 0 spiro atoms. The molecule has 0 saturated carbocycles. The molecule has 5 nitrogen and oxygen atoms in total.